The van der Waals surface area contributed by atoms with Gasteiger partial charge < -0.3 is 5.32 Å². The first kappa shape index (κ1) is 14.1. The third kappa shape index (κ3) is 3.36. The van der Waals surface area contributed by atoms with Gasteiger partial charge in [0.25, 0.3) is 0 Å². The van der Waals surface area contributed by atoms with Crippen molar-refractivity contribution in [2.45, 2.75) is 39.9 Å². The lowest BCUT2D eigenvalue weighted by Crippen LogP contribution is -2.30. The summed E-state index contributed by atoms with van der Waals surface area (Å²) in [6.07, 6.45) is 3.91. The fraction of sp³-hybridized carbons (Fsp3) is 0.538. The third-order valence-electron chi connectivity index (χ3n) is 3.12. The second-order valence-electron chi connectivity index (χ2n) is 5.00. The molecule has 1 atom stereocenters. The average Bonchev–Trinajstić information content (AvgIpc) is 2.83. The second kappa shape index (κ2) is 5.75. The molecule has 2 aromatic heterocycles. The Morgan fingerprint density at radius 2 is 2.16 bits per heavy atom. The number of nitrogens with one attached hydrogen (secondary N) is 1. The largest absolute Gasteiger partial charge is 0.308 e. The molecule has 2 rings (SSSR count). The highest BCUT2D eigenvalue weighted by molar-refractivity contribution is 6.30. The Morgan fingerprint density at radius 3 is 2.68 bits per heavy atom. The molecule has 0 aliphatic rings. The molecule has 0 saturated carbocycles. The van der Waals surface area contributed by atoms with Gasteiger partial charge >= 0.3 is 0 Å². The molecule has 104 valence electrons. The Labute approximate surface area is 118 Å². The minimum absolute atomic E-state index is 0.315. The van der Waals surface area contributed by atoms with Crippen molar-refractivity contribution >= 4 is 11.6 Å². The van der Waals surface area contributed by atoms with Crippen molar-refractivity contribution in [3.05, 3.63) is 34.4 Å². The molecule has 0 fully saturated rings. The molecule has 1 N–H and O–H groups in total. The first-order valence-corrected chi connectivity index (χ1v) is 6.75. The number of nitrogens with zero attached hydrogens (tertiary/aromatic N) is 4. The minimum Gasteiger partial charge on any atom is -0.308 e. The normalized spacial score (nSPS) is 12.9. The van der Waals surface area contributed by atoms with Gasteiger partial charge in [0.1, 0.15) is 5.15 Å². The predicted octanol–water partition coefficient (Wildman–Crippen LogP) is 2.07. The van der Waals surface area contributed by atoms with Gasteiger partial charge in [0.2, 0.25) is 0 Å². The Balaban J connectivity index is 1.91. The summed E-state index contributed by atoms with van der Waals surface area (Å²) in [5.74, 6) is 0. The van der Waals surface area contributed by atoms with Crippen LogP contribution in [0.25, 0.3) is 0 Å². The second-order valence-corrected chi connectivity index (χ2v) is 5.36. The van der Waals surface area contributed by atoms with E-state index in [1.165, 1.54) is 5.56 Å². The predicted molar refractivity (Wildman–Crippen MR) is 76.2 cm³/mol. The van der Waals surface area contributed by atoms with Gasteiger partial charge in [0, 0.05) is 31.4 Å². The van der Waals surface area contributed by atoms with E-state index in [1.54, 1.807) is 4.68 Å². The summed E-state index contributed by atoms with van der Waals surface area (Å²) in [5.41, 5.74) is 3.22. The van der Waals surface area contributed by atoms with Gasteiger partial charge in [-0.1, -0.05) is 11.6 Å². The summed E-state index contributed by atoms with van der Waals surface area (Å²) in [6.45, 7) is 7.71. The molecule has 1 unspecified atom stereocenters. The molecule has 0 saturated heterocycles. The van der Waals surface area contributed by atoms with E-state index in [0.717, 1.165) is 24.3 Å². The topological polar surface area (TPSA) is 47.7 Å². The summed E-state index contributed by atoms with van der Waals surface area (Å²) in [5, 5.41) is 12.7. The van der Waals surface area contributed by atoms with Crippen LogP contribution in [0.1, 0.15) is 23.7 Å². The van der Waals surface area contributed by atoms with E-state index >= 15 is 0 Å². The average molecular weight is 282 g/mol. The van der Waals surface area contributed by atoms with Crippen LogP contribution in [0.3, 0.4) is 0 Å². The maximum atomic E-state index is 6.20. The van der Waals surface area contributed by atoms with Crippen molar-refractivity contribution < 1.29 is 0 Å². The Morgan fingerprint density at radius 1 is 1.42 bits per heavy atom. The van der Waals surface area contributed by atoms with Crippen molar-refractivity contribution in [3.63, 3.8) is 0 Å². The SMILES string of the molecule is Cc1cnn(CC(C)NCc2c(C)nn(C)c2Cl)c1. The van der Waals surface area contributed by atoms with Crippen LogP contribution >= 0.6 is 11.6 Å². The standard InChI is InChI=1S/C13H20ClN5/c1-9-5-16-19(7-9)8-10(2)15-6-12-11(3)17-18(4)13(12)14/h5,7,10,15H,6,8H2,1-4H3. The summed E-state index contributed by atoms with van der Waals surface area (Å²) < 4.78 is 3.65. The molecule has 6 heteroatoms. The third-order valence-corrected chi connectivity index (χ3v) is 3.59. The highest BCUT2D eigenvalue weighted by atomic mass is 35.5. The van der Waals surface area contributed by atoms with Crippen LogP contribution in [-0.4, -0.2) is 25.6 Å². The van der Waals surface area contributed by atoms with E-state index in [4.69, 9.17) is 11.6 Å². The molecule has 0 aliphatic carbocycles. The number of hydrogen-bond acceptors (Lipinski definition) is 3. The fourth-order valence-corrected chi connectivity index (χ4v) is 2.30. The Bertz CT molecular complexity index is 557. The minimum atomic E-state index is 0.315. The van der Waals surface area contributed by atoms with Crippen LogP contribution in [0.4, 0.5) is 0 Å². The van der Waals surface area contributed by atoms with Gasteiger partial charge in [0.05, 0.1) is 18.4 Å². The molecular weight excluding hydrogens is 262 g/mol. The summed E-state index contributed by atoms with van der Waals surface area (Å²) in [7, 11) is 1.86. The van der Waals surface area contributed by atoms with Gasteiger partial charge in [-0.3, -0.25) is 9.36 Å². The van der Waals surface area contributed by atoms with Crippen molar-refractivity contribution in [1.82, 2.24) is 24.9 Å². The number of rotatable bonds is 5. The van der Waals surface area contributed by atoms with E-state index in [0.29, 0.717) is 11.2 Å². The molecular formula is C13H20ClN5. The molecule has 0 aliphatic heterocycles. The van der Waals surface area contributed by atoms with Crippen molar-refractivity contribution in [2.24, 2.45) is 7.05 Å². The van der Waals surface area contributed by atoms with Crippen LogP contribution < -0.4 is 5.32 Å². The van der Waals surface area contributed by atoms with E-state index in [1.807, 2.05) is 38.0 Å². The molecule has 2 aromatic rings. The highest BCUT2D eigenvalue weighted by Crippen LogP contribution is 2.18. The van der Waals surface area contributed by atoms with Crippen LogP contribution in [-0.2, 0) is 20.1 Å². The number of aryl methyl sites for hydroxylation is 3. The number of hydrogen-bond donors (Lipinski definition) is 1. The zero-order valence-corrected chi connectivity index (χ0v) is 12.6. The molecule has 0 bridgehead atoms. The molecule has 0 amide bonds. The van der Waals surface area contributed by atoms with Crippen molar-refractivity contribution in [3.8, 4) is 0 Å². The molecule has 0 aromatic carbocycles. The van der Waals surface area contributed by atoms with Crippen LogP contribution in [0.5, 0.6) is 0 Å². The molecule has 2 heterocycles. The number of aromatic nitrogens is 4. The maximum absolute atomic E-state index is 6.20. The molecule has 19 heavy (non-hydrogen) atoms. The van der Waals surface area contributed by atoms with E-state index in [-0.39, 0.29) is 0 Å². The maximum Gasteiger partial charge on any atom is 0.131 e. The lowest BCUT2D eigenvalue weighted by molar-refractivity contribution is 0.450. The zero-order valence-electron chi connectivity index (χ0n) is 11.8. The van der Waals surface area contributed by atoms with Crippen molar-refractivity contribution in [2.75, 3.05) is 0 Å². The van der Waals surface area contributed by atoms with Gasteiger partial charge in [0.15, 0.2) is 0 Å². The van der Waals surface area contributed by atoms with Gasteiger partial charge in [-0.15, -0.1) is 0 Å². The van der Waals surface area contributed by atoms with E-state index < -0.39 is 0 Å². The Hall–Kier alpha value is -1.33. The highest BCUT2D eigenvalue weighted by Gasteiger charge is 2.12. The smallest absolute Gasteiger partial charge is 0.131 e. The molecule has 5 nitrogen and oxygen atoms in total. The molecule has 0 radical (unpaired) electrons. The monoisotopic (exact) mass is 281 g/mol. The first-order valence-electron chi connectivity index (χ1n) is 6.37. The quantitative estimate of drug-likeness (QED) is 0.913. The lowest BCUT2D eigenvalue weighted by atomic mass is 10.2. The fourth-order valence-electron chi connectivity index (χ4n) is 2.06. The van der Waals surface area contributed by atoms with Gasteiger partial charge in [-0.25, -0.2) is 0 Å². The van der Waals surface area contributed by atoms with E-state index in [9.17, 15) is 0 Å². The number of halogens is 1. The lowest BCUT2D eigenvalue weighted by Gasteiger charge is -2.13. The van der Waals surface area contributed by atoms with Gasteiger partial charge in [-0.2, -0.15) is 10.2 Å². The van der Waals surface area contributed by atoms with Crippen LogP contribution in [0.2, 0.25) is 5.15 Å². The molecule has 0 spiro atoms. The van der Waals surface area contributed by atoms with Crippen LogP contribution in [0, 0.1) is 13.8 Å². The summed E-state index contributed by atoms with van der Waals surface area (Å²) in [6, 6.07) is 0.315. The zero-order chi connectivity index (χ0) is 14.0. The summed E-state index contributed by atoms with van der Waals surface area (Å²) in [4.78, 5) is 0. The van der Waals surface area contributed by atoms with Gasteiger partial charge in [-0.05, 0) is 26.3 Å². The van der Waals surface area contributed by atoms with Crippen LogP contribution in [0.15, 0.2) is 12.4 Å². The Kier molecular flexibility index (Phi) is 4.27. The van der Waals surface area contributed by atoms with E-state index in [2.05, 4.69) is 22.4 Å². The van der Waals surface area contributed by atoms with Crippen molar-refractivity contribution in [1.29, 1.82) is 0 Å². The first-order chi connectivity index (χ1) is 8.97. The summed E-state index contributed by atoms with van der Waals surface area (Å²) >= 11 is 6.20.